The van der Waals surface area contributed by atoms with Gasteiger partial charge >= 0.3 is 0 Å². The lowest BCUT2D eigenvalue weighted by molar-refractivity contribution is 0.0631. The molecule has 1 aliphatic heterocycles. The average molecular weight is 247 g/mol. The van der Waals surface area contributed by atoms with Crippen molar-refractivity contribution >= 4 is 0 Å². The molecule has 18 heavy (non-hydrogen) atoms. The van der Waals surface area contributed by atoms with Crippen LogP contribution in [0.5, 0.6) is 0 Å². The molecule has 0 aliphatic carbocycles. The van der Waals surface area contributed by atoms with Crippen LogP contribution in [0.25, 0.3) is 0 Å². The monoisotopic (exact) mass is 247 g/mol. The number of rotatable bonds is 4. The van der Waals surface area contributed by atoms with E-state index < -0.39 is 0 Å². The van der Waals surface area contributed by atoms with Crippen molar-refractivity contribution in [1.29, 1.82) is 0 Å². The minimum atomic E-state index is 0.305. The molecule has 2 heteroatoms. The molecule has 1 aromatic rings. The number of hydrogen-bond acceptors (Lipinski definition) is 2. The molecule has 1 aliphatic rings. The summed E-state index contributed by atoms with van der Waals surface area (Å²) in [6, 6.07) is 9.27. The van der Waals surface area contributed by atoms with Crippen LogP contribution in [0.1, 0.15) is 50.3 Å². The highest BCUT2D eigenvalue weighted by molar-refractivity contribution is 5.27. The minimum absolute atomic E-state index is 0.305. The third-order valence-electron chi connectivity index (χ3n) is 4.05. The van der Waals surface area contributed by atoms with E-state index in [1.165, 1.54) is 17.5 Å². The van der Waals surface area contributed by atoms with E-state index in [2.05, 4.69) is 50.4 Å². The van der Waals surface area contributed by atoms with Gasteiger partial charge in [-0.1, -0.05) is 45.0 Å². The second-order valence-corrected chi connectivity index (χ2v) is 5.69. The van der Waals surface area contributed by atoms with E-state index in [4.69, 9.17) is 4.74 Å². The van der Waals surface area contributed by atoms with Gasteiger partial charge < -0.3 is 10.1 Å². The van der Waals surface area contributed by atoms with Crippen molar-refractivity contribution in [2.24, 2.45) is 5.92 Å². The van der Waals surface area contributed by atoms with Crippen LogP contribution in [-0.4, -0.2) is 19.8 Å². The summed E-state index contributed by atoms with van der Waals surface area (Å²) < 4.78 is 5.89. The Kier molecular flexibility index (Phi) is 4.41. The number of benzene rings is 1. The van der Waals surface area contributed by atoms with Gasteiger partial charge in [-0.3, -0.25) is 0 Å². The normalized spacial score (nSPS) is 25.6. The molecule has 1 saturated heterocycles. The van der Waals surface area contributed by atoms with Gasteiger partial charge in [-0.2, -0.15) is 0 Å². The summed E-state index contributed by atoms with van der Waals surface area (Å²) in [6.07, 6.45) is 1.48. The minimum Gasteiger partial charge on any atom is -0.376 e. The number of likely N-dealkylation sites (N-methyl/N-ethyl adjacent to an activating group) is 1. The van der Waals surface area contributed by atoms with Crippen molar-refractivity contribution in [3.63, 3.8) is 0 Å². The van der Waals surface area contributed by atoms with Gasteiger partial charge in [-0.05, 0) is 36.4 Å². The van der Waals surface area contributed by atoms with Crippen molar-refractivity contribution < 1.29 is 4.74 Å². The molecule has 0 saturated carbocycles. The van der Waals surface area contributed by atoms with Crippen LogP contribution >= 0.6 is 0 Å². The van der Waals surface area contributed by atoms with Crippen molar-refractivity contribution in [3.8, 4) is 0 Å². The van der Waals surface area contributed by atoms with Gasteiger partial charge in [-0.25, -0.2) is 0 Å². The zero-order valence-corrected chi connectivity index (χ0v) is 11.9. The van der Waals surface area contributed by atoms with E-state index >= 15 is 0 Å². The zero-order chi connectivity index (χ0) is 13.1. The van der Waals surface area contributed by atoms with Crippen LogP contribution in [0.4, 0.5) is 0 Å². The van der Waals surface area contributed by atoms with Crippen LogP contribution < -0.4 is 5.32 Å². The first-order valence-electron chi connectivity index (χ1n) is 7.02. The van der Waals surface area contributed by atoms with E-state index in [-0.39, 0.29) is 0 Å². The molecule has 0 spiro atoms. The molecule has 3 unspecified atom stereocenters. The van der Waals surface area contributed by atoms with E-state index in [9.17, 15) is 0 Å². The van der Waals surface area contributed by atoms with Crippen LogP contribution in [0.3, 0.4) is 0 Å². The van der Waals surface area contributed by atoms with E-state index in [1.807, 2.05) is 7.05 Å². The van der Waals surface area contributed by atoms with Gasteiger partial charge in [-0.15, -0.1) is 0 Å². The Balaban J connectivity index is 2.17. The maximum absolute atomic E-state index is 5.89. The van der Waals surface area contributed by atoms with Gasteiger partial charge in [0.05, 0.1) is 12.1 Å². The van der Waals surface area contributed by atoms with Crippen LogP contribution in [0.15, 0.2) is 24.3 Å². The lowest BCUT2D eigenvalue weighted by Gasteiger charge is -2.26. The molecule has 0 bridgehead atoms. The molecule has 0 amide bonds. The third kappa shape index (κ3) is 2.76. The molecule has 1 fully saturated rings. The fraction of sp³-hybridized carbons (Fsp3) is 0.625. The van der Waals surface area contributed by atoms with Crippen molar-refractivity contribution in [2.45, 2.75) is 45.3 Å². The Morgan fingerprint density at radius 2 is 1.78 bits per heavy atom. The Morgan fingerprint density at radius 3 is 2.22 bits per heavy atom. The summed E-state index contributed by atoms with van der Waals surface area (Å²) in [6.45, 7) is 7.64. The molecule has 3 atom stereocenters. The summed E-state index contributed by atoms with van der Waals surface area (Å²) in [5, 5.41) is 3.41. The van der Waals surface area contributed by atoms with E-state index in [1.54, 1.807) is 0 Å². The fourth-order valence-corrected chi connectivity index (χ4v) is 2.75. The number of hydrogen-bond donors (Lipinski definition) is 1. The molecule has 0 radical (unpaired) electrons. The predicted molar refractivity (Wildman–Crippen MR) is 75.9 cm³/mol. The molecule has 0 aromatic heterocycles. The Hall–Kier alpha value is -0.860. The highest BCUT2D eigenvalue weighted by Crippen LogP contribution is 2.31. The Morgan fingerprint density at radius 1 is 1.17 bits per heavy atom. The Bertz CT molecular complexity index is 371. The van der Waals surface area contributed by atoms with Gasteiger partial charge in [0.1, 0.15) is 0 Å². The molecule has 1 N–H and O–H groups in total. The molecule has 2 nitrogen and oxygen atoms in total. The maximum Gasteiger partial charge on any atom is 0.0795 e. The lowest BCUT2D eigenvalue weighted by atomic mass is 9.91. The SMILES string of the molecule is CNC(c1ccc(C(C)C)cc1)C1OCCC1C. The molecule has 1 aromatic carbocycles. The largest absolute Gasteiger partial charge is 0.376 e. The third-order valence-corrected chi connectivity index (χ3v) is 4.05. The fourth-order valence-electron chi connectivity index (χ4n) is 2.75. The quantitative estimate of drug-likeness (QED) is 0.879. The zero-order valence-electron chi connectivity index (χ0n) is 11.9. The van der Waals surface area contributed by atoms with Gasteiger partial charge in [0, 0.05) is 6.61 Å². The Labute approximate surface area is 111 Å². The summed E-state index contributed by atoms with van der Waals surface area (Å²) in [5.74, 6) is 1.22. The molecular weight excluding hydrogens is 222 g/mol. The van der Waals surface area contributed by atoms with E-state index in [0.717, 1.165) is 6.61 Å². The van der Waals surface area contributed by atoms with Crippen LogP contribution in [-0.2, 0) is 4.74 Å². The van der Waals surface area contributed by atoms with Crippen molar-refractivity contribution in [3.05, 3.63) is 35.4 Å². The number of nitrogens with one attached hydrogen (secondary N) is 1. The van der Waals surface area contributed by atoms with Crippen molar-refractivity contribution in [2.75, 3.05) is 13.7 Å². The summed E-state index contributed by atoms with van der Waals surface area (Å²) in [5.41, 5.74) is 2.73. The first-order valence-corrected chi connectivity index (χ1v) is 7.02. The topological polar surface area (TPSA) is 21.3 Å². The smallest absolute Gasteiger partial charge is 0.0795 e. The number of ether oxygens (including phenoxy) is 1. The van der Waals surface area contributed by atoms with Crippen LogP contribution in [0.2, 0.25) is 0 Å². The summed E-state index contributed by atoms with van der Waals surface area (Å²) in [7, 11) is 2.02. The second-order valence-electron chi connectivity index (χ2n) is 5.69. The van der Waals surface area contributed by atoms with Gasteiger partial charge in [0.2, 0.25) is 0 Å². The average Bonchev–Trinajstić information content (AvgIpc) is 2.78. The first kappa shape index (κ1) is 13.6. The molecule has 2 rings (SSSR count). The summed E-state index contributed by atoms with van der Waals surface area (Å²) >= 11 is 0. The molecule has 100 valence electrons. The highest BCUT2D eigenvalue weighted by atomic mass is 16.5. The maximum atomic E-state index is 5.89. The standard InChI is InChI=1S/C16H25NO/c1-11(2)13-5-7-14(8-6-13)15(17-4)16-12(3)9-10-18-16/h5-8,11-12,15-17H,9-10H2,1-4H3. The van der Waals surface area contributed by atoms with Crippen molar-refractivity contribution in [1.82, 2.24) is 5.32 Å². The van der Waals surface area contributed by atoms with Crippen LogP contribution in [0, 0.1) is 5.92 Å². The van der Waals surface area contributed by atoms with Gasteiger partial charge in [0.25, 0.3) is 0 Å². The molecular formula is C16H25NO. The predicted octanol–water partition coefficient (Wildman–Crippen LogP) is 3.50. The molecule has 1 heterocycles. The first-order chi connectivity index (χ1) is 8.63. The van der Waals surface area contributed by atoms with Gasteiger partial charge in [0.15, 0.2) is 0 Å². The lowest BCUT2D eigenvalue weighted by Crippen LogP contribution is -2.32. The highest BCUT2D eigenvalue weighted by Gasteiger charge is 2.32. The van der Waals surface area contributed by atoms with E-state index in [0.29, 0.717) is 24.0 Å². The second kappa shape index (κ2) is 5.85. The summed E-state index contributed by atoms with van der Waals surface area (Å²) in [4.78, 5) is 0.